The summed E-state index contributed by atoms with van der Waals surface area (Å²) in [4.78, 5) is 0. The largest absolute Gasteiger partial charge is 0.168 e. The molecule has 0 saturated carbocycles. The number of hydrogen-bond donors (Lipinski definition) is 0. The fraction of sp³-hybridized carbons (Fsp3) is 0. The van der Waals surface area contributed by atoms with Gasteiger partial charge >= 0.3 is 0 Å². The SMILES string of the molecule is [CH]c1c[cH+]1. The second-order valence-corrected chi connectivity index (χ2v) is 0.833. The van der Waals surface area contributed by atoms with Crippen molar-refractivity contribution >= 4 is 0 Å². The van der Waals surface area contributed by atoms with Gasteiger partial charge in [0.1, 0.15) is 6.92 Å². The second-order valence-electron chi connectivity index (χ2n) is 0.833. The van der Waals surface area contributed by atoms with Crippen molar-refractivity contribution in [3.05, 3.63) is 24.6 Å². The molecule has 0 aliphatic carbocycles. The summed E-state index contributed by atoms with van der Waals surface area (Å²) < 4.78 is 0. The molecule has 1 rings (SSSR count). The molecule has 0 nitrogen and oxygen atoms in total. The molecular formula is C4H3+. The summed E-state index contributed by atoms with van der Waals surface area (Å²) in [5.41, 5.74) is 0.917. The lowest BCUT2D eigenvalue weighted by Crippen LogP contribution is -1.23. The van der Waals surface area contributed by atoms with Gasteiger partial charge in [-0.25, -0.2) is 0 Å². The molecule has 0 heterocycles. The lowest BCUT2D eigenvalue weighted by atomic mass is 10.7. The average Bonchev–Trinajstić information content (AvgIpc) is 1.75. The van der Waals surface area contributed by atoms with Crippen molar-refractivity contribution in [3.63, 3.8) is 0 Å². The van der Waals surface area contributed by atoms with E-state index in [9.17, 15) is 0 Å². The molecule has 1 aromatic rings. The van der Waals surface area contributed by atoms with Crippen LogP contribution >= 0.6 is 0 Å². The van der Waals surface area contributed by atoms with Crippen molar-refractivity contribution in [1.82, 2.24) is 0 Å². The first-order chi connectivity index (χ1) is 1.89. The fourth-order valence-electron chi connectivity index (χ4n) is 0.0481. The Hall–Kier alpha value is -0.390. The zero-order chi connectivity index (χ0) is 2.99. The molecule has 18 valence electrons. The predicted molar refractivity (Wildman–Crippen MR) is 16.6 cm³/mol. The van der Waals surface area contributed by atoms with E-state index < -0.39 is 0 Å². The minimum Gasteiger partial charge on any atom is 0.101 e. The summed E-state index contributed by atoms with van der Waals surface area (Å²) in [6.07, 6.45) is 0. The molecule has 4 heavy (non-hydrogen) atoms. The molecule has 0 atom stereocenters. The summed E-state index contributed by atoms with van der Waals surface area (Å²) in [7, 11) is 0. The quantitative estimate of drug-likeness (QED) is 0.384. The summed E-state index contributed by atoms with van der Waals surface area (Å²) in [6, 6.07) is 3.72. The lowest BCUT2D eigenvalue weighted by molar-refractivity contribution is 2.05. The van der Waals surface area contributed by atoms with Crippen LogP contribution in [0.1, 0.15) is 5.56 Å². The Morgan fingerprint density at radius 1 is 2.00 bits per heavy atom. The van der Waals surface area contributed by atoms with Crippen molar-refractivity contribution in [1.29, 1.82) is 0 Å². The van der Waals surface area contributed by atoms with E-state index in [1.54, 1.807) is 0 Å². The van der Waals surface area contributed by atoms with Crippen molar-refractivity contribution < 1.29 is 0 Å². The summed E-state index contributed by atoms with van der Waals surface area (Å²) >= 11 is 0. The molecule has 0 heteroatoms. The topological polar surface area (TPSA) is 0 Å². The molecule has 0 spiro atoms. The summed E-state index contributed by atoms with van der Waals surface area (Å²) in [5.74, 6) is 0. The van der Waals surface area contributed by atoms with Gasteiger partial charge in [-0.3, -0.25) is 0 Å². The van der Waals surface area contributed by atoms with E-state index in [1.165, 1.54) is 0 Å². The van der Waals surface area contributed by atoms with Gasteiger partial charge in [-0.15, -0.1) is 0 Å². The third-order valence-corrected chi connectivity index (χ3v) is 0.359. The Balaban J connectivity index is 2.81. The standard InChI is InChI=1S/C4H3/c1-4-2-3-4/h1-3H/q+1. The monoisotopic (exact) mass is 51.0 g/mol. The highest BCUT2D eigenvalue weighted by molar-refractivity contribution is 5.25. The van der Waals surface area contributed by atoms with Gasteiger partial charge < -0.3 is 0 Å². The normalized spacial score (nSPS) is 9.25. The van der Waals surface area contributed by atoms with E-state index in [-0.39, 0.29) is 0 Å². The molecular weight excluding hydrogens is 48.0 g/mol. The molecule has 0 aliphatic rings. The Morgan fingerprint density at radius 3 is 2.25 bits per heavy atom. The summed E-state index contributed by atoms with van der Waals surface area (Å²) in [5, 5.41) is 0. The molecule has 0 unspecified atom stereocenters. The highest BCUT2D eigenvalue weighted by atomic mass is 13.9. The lowest BCUT2D eigenvalue weighted by Gasteiger charge is -1.21. The Labute approximate surface area is 25.8 Å². The van der Waals surface area contributed by atoms with Crippen LogP contribution in [0.15, 0.2) is 12.1 Å². The Bertz CT molecular complexity index is 58.6. The highest BCUT2D eigenvalue weighted by Crippen LogP contribution is 1.98. The van der Waals surface area contributed by atoms with Crippen LogP contribution in [-0.4, -0.2) is 0 Å². The third-order valence-electron chi connectivity index (χ3n) is 0.359. The fourth-order valence-corrected chi connectivity index (χ4v) is 0.0481. The first-order valence-electron chi connectivity index (χ1n) is 1.20. The highest BCUT2D eigenvalue weighted by Gasteiger charge is 2.00. The molecule has 0 N–H and O–H groups in total. The van der Waals surface area contributed by atoms with Crippen molar-refractivity contribution in [3.8, 4) is 0 Å². The molecule has 0 saturated heterocycles. The zero-order valence-electron chi connectivity index (χ0n) is 2.23. The van der Waals surface area contributed by atoms with Crippen molar-refractivity contribution in [2.24, 2.45) is 0 Å². The van der Waals surface area contributed by atoms with Gasteiger partial charge in [-0.05, 0) is 0 Å². The Kier molecular flexibility index (Phi) is 0.150. The van der Waals surface area contributed by atoms with E-state index in [0.29, 0.717) is 0 Å². The minimum atomic E-state index is 0.917. The van der Waals surface area contributed by atoms with E-state index in [4.69, 9.17) is 6.92 Å². The second kappa shape index (κ2) is 0.318. The van der Waals surface area contributed by atoms with Crippen LogP contribution in [0.5, 0.6) is 0 Å². The third kappa shape index (κ3) is 0.0879. The van der Waals surface area contributed by atoms with E-state index in [0.717, 1.165) is 5.56 Å². The van der Waals surface area contributed by atoms with Crippen LogP contribution in [0.2, 0.25) is 0 Å². The number of hydrogen-bond acceptors (Lipinski definition) is 0. The van der Waals surface area contributed by atoms with Crippen LogP contribution in [0.3, 0.4) is 0 Å². The average molecular weight is 51.1 g/mol. The molecule has 2 radical (unpaired) electrons. The molecule has 0 fully saturated rings. The van der Waals surface area contributed by atoms with Gasteiger partial charge in [0.15, 0.2) is 17.7 Å². The van der Waals surface area contributed by atoms with Gasteiger partial charge in [0.25, 0.3) is 0 Å². The van der Waals surface area contributed by atoms with Gasteiger partial charge in [0.2, 0.25) is 0 Å². The van der Waals surface area contributed by atoms with Gasteiger partial charge in [0.05, 0.1) is 0 Å². The van der Waals surface area contributed by atoms with Crippen LogP contribution < -0.4 is 0 Å². The van der Waals surface area contributed by atoms with Crippen LogP contribution in [0, 0.1) is 6.92 Å². The van der Waals surface area contributed by atoms with E-state index in [2.05, 4.69) is 0 Å². The summed E-state index contributed by atoms with van der Waals surface area (Å²) in [6.45, 7) is 5.03. The van der Waals surface area contributed by atoms with Gasteiger partial charge in [0, 0.05) is 0 Å². The molecule has 1 aromatic carbocycles. The minimum absolute atomic E-state index is 0.917. The smallest absolute Gasteiger partial charge is 0.101 e. The van der Waals surface area contributed by atoms with Crippen molar-refractivity contribution in [2.45, 2.75) is 0 Å². The van der Waals surface area contributed by atoms with Gasteiger partial charge in [-0.1, -0.05) is 0 Å². The molecule has 0 aromatic heterocycles. The van der Waals surface area contributed by atoms with Crippen LogP contribution in [-0.2, 0) is 0 Å². The molecule has 0 bridgehead atoms. The zero-order valence-corrected chi connectivity index (χ0v) is 2.23. The van der Waals surface area contributed by atoms with E-state index >= 15 is 0 Å². The molecule has 0 aliphatic heterocycles. The maximum absolute atomic E-state index is 5.03. The predicted octanol–water partition coefficient (Wildman–Crippen LogP) is 0.902. The van der Waals surface area contributed by atoms with Crippen LogP contribution in [0.25, 0.3) is 0 Å². The first-order valence-corrected chi connectivity index (χ1v) is 1.20. The van der Waals surface area contributed by atoms with Gasteiger partial charge in [-0.2, -0.15) is 0 Å². The Morgan fingerprint density at radius 2 is 2.25 bits per heavy atom. The van der Waals surface area contributed by atoms with E-state index in [1.807, 2.05) is 12.1 Å². The van der Waals surface area contributed by atoms with Crippen molar-refractivity contribution in [2.75, 3.05) is 0 Å². The van der Waals surface area contributed by atoms with Crippen LogP contribution in [0.4, 0.5) is 0 Å². The first kappa shape index (κ1) is 1.89. The maximum Gasteiger partial charge on any atom is 0.168 e. The maximum atomic E-state index is 5.03. The number of rotatable bonds is 0. The molecule has 0 amide bonds.